The maximum Gasteiger partial charge on any atom is 0.274 e. The van der Waals surface area contributed by atoms with Gasteiger partial charge in [-0.2, -0.15) is 0 Å². The van der Waals surface area contributed by atoms with Crippen molar-refractivity contribution in [1.29, 1.82) is 0 Å². The molecule has 0 aliphatic rings. The summed E-state index contributed by atoms with van der Waals surface area (Å²) in [6, 6.07) is 5.59. The summed E-state index contributed by atoms with van der Waals surface area (Å²) < 4.78 is 5.15. The summed E-state index contributed by atoms with van der Waals surface area (Å²) >= 11 is 0. The number of H-pyrrole nitrogens is 1. The highest BCUT2D eigenvalue weighted by Crippen LogP contribution is 2.23. The standard InChI is InChI=1S/C14H16N2O2/c1-8-7-11(18-4)5-6-12(8)13-14(17)16-10(3)9(2)15-13/h5-7H,1-4H3,(H,16,17). The number of aryl methyl sites for hydroxylation is 3. The Kier molecular flexibility index (Phi) is 3.19. The van der Waals surface area contributed by atoms with Crippen LogP contribution in [-0.4, -0.2) is 17.1 Å². The van der Waals surface area contributed by atoms with Gasteiger partial charge in [-0.3, -0.25) is 4.79 Å². The number of ether oxygens (including phenoxy) is 1. The third kappa shape index (κ3) is 2.14. The van der Waals surface area contributed by atoms with Gasteiger partial charge in [-0.25, -0.2) is 4.98 Å². The number of aromatic nitrogens is 2. The van der Waals surface area contributed by atoms with Crippen molar-refractivity contribution >= 4 is 0 Å². The molecule has 0 saturated heterocycles. The second kappa shape index (κ2) is 4.64. The van der Waals surface area contributed by atoms with E-state index in [1.165, 1.54) is 0 Å². The van der Waals surface area contributed by atoms with Crippen molar-refractivity contribution in [2.24, 2.45) is 0 Å². The smallest absolute Gasteiger partial charge is 0.274 e. The molecule has 0 radical (unpaired) electrons. The lowest BCUT2D eigenvalue weighted by Crippen LogP contribution is -2.14. The summed E-state index contributed by atoms with van der Waals surface area (Å²) in [5, 5.41) is 0. The molecule has 0 fully saturated rings. The molecule has 0 aliphatic heterocycles. The minimum atomic E-state index is -0.161. The molecule has 18 heavy (non-hydrogen) atoms. The summed E-state index contributed by atoms with van der Waals surface area (Å²) in [4.78, 5) is 19.1. The zero-order valence-electron chi connectivity index (χ0n) is 11.0. The number of nitrogens with zero attached hydrogens (tertiary/aromatic N) is 1. The summed E-state index contributed by atoms with van der Waals surface area (Å²) in [6.45, 7) is 5.66. The topological polar surface area (TPSA) is 55.0 Å². The molecule has 1 aromatic carbocycles. The highest BCUT2D eigenvalue weighted by atomic mass is 16.5. The molecule has 0 amide bonds. The molecule has 0 unspecified atom stereocenters. The molecule has 2 aromatic rings. The quantitative estimate of drug-likeness (QED) is 0.882. The predicted molar refractivity (Wildman–Crippen MR) is 71.1 cm³/mol. The lowest BCUT2D eigenvalue weighted by molar-refractivity contribution is 0.414. The SMILES string of the molecule is COc1ccc(-c2nc(C)c(C)[nH]c2=O)c(C)c1. The van der Waals surface area contributed by atoms with Crippen LogP contribution in [0.1, 0.15) is 17.0 Å². The Labute approximate surface area is 106 Å². The Bertz CT molecular complexity index is 645. The van der Waals surface area contributed by atoms with Gasteiger partial charge in [0.15, 0.2) is 0 Å². The highest BCUT2D eigenvalue weighted by Gasteiger charge is 2.10. The van der Waals surface area contributed by atoms with Crippen molar-refractivity contribution in [2.75, 3.05) is 7.11 Å². The van der Waals surface area contributed by atoms with E-state index in [-0.39, 0.29) is 5.56 Å². The van der Waals surface area contributed by atoms with E-state index < -0.39 is 0 Å². The molecule has 0 atom stereocenters. The first-order valence-corrected chi connectivity index (χ1v) is 5.75. The van der Waals surface area contributed by atoms with Crippen molar-refractivity contribution < 1.29 is 4.74 Å². The molecule has 0 aliphatic carbocycles. The van der Waals surface area contributed by atoms with E-state index in [4.69, 9.17) is 4.74 Å². The molecule has 2 rings (SSSR count). The average molecular weight is 244 g/mol. The number of aromatic amines is 1. The van der Waals surface area contributed by atoms with Crippen LogP contribution in [0.4, 0.5) is 0 Å². The first-order chi connectivity index (χ1) is 8.52. The molecular weight excluding hydrogens is 228 g/mol. The van der Waals surface area contributed by atoms with E-state index in [1.54, 1.807) is 7.11 Å². The van der Waals surface area contributed by atoms with Gasteiger partial charge in [0.25, 0.3) is 5.56 Å². The maximum atomic E-state index is 12.0. The van der Waals surface area contributed by atoms with Gasteiger partial charge >= 0.3 is 0 Å². The summed E-state index contributed by atoms with van der Waals surface area (Å²) in [6.07, 6.45) is 0. The second-order valence-corrected chi connectivity index (χ2v) is 4.31. The molecular formula is C14H16N2O2. The van der Waals surface area contributed by atoms with Gasteiger partial charge < -0.3 is 9.72 Å². The molecule has 1 N–H and O–H groups in total. The van der Waals surface area contributed by atoms with Crippen LogP contribution in [0.15, 0.2) is 23.0 Å². The molecule has 4 nitrogen and oxygen atoms in total. The monoisotopic (exact) mass is 244 g/mol. The normalized spacial score (nSPS) is 10.4. The van der Waals surface area contributed by atoms with Crippen LogP contribution < -0.4 is 10.3 Å². The van der Waals surface area contributed by atoms with E-state index in [9.17, 15) is 4.79 Å². The van der Waals surface area contributed by atoms with Gasteiger partial charge in [0.1, 0.15) is 11.4 Å². The van der Waals surface area contributed by atoms with E-state index in [0.717, 1.165) is 28.3 Å². The Morgan fingerprint density at radius 3 is 2.56 bits per heavy atom. The fraction of sp³-hybridized carbons (Fsp3) is 0.286. The van der Waals surface area contributed by atoms with Gasteiger partial charge in [0.05, 0.1) is 12.8 Å². The Balaban J connectivity index is 2.62. The summed E-state index contributed by atoms with van der Waals surface area (Å²) in [5.41, 5.74) is 3.73. The van der Waals surface area contributed by atoms with Crippen molar-refractivity contribution in [3.8, 4) is 17.0 Å². The van der Waals surface area contributed by atoms with Gasteiger partial charge in [-0.05, 0) is 44.5 Å². The third-order valence-electron chi connectivity index (χ3n) is 3.03. The number of hydrogen-bond donors (Lipinski definition) is 1. The van der Waals surface area contributed by atoms with Gasteiger partial charge in [-0.1, -0.05) is 0 Å². The van der Waals surface area contributed by atoms with Crippen LogP contribution in [0.3, 0.4) is 0 Å². The third-order valence-corrected chi connectivity index (χ3v) is 3.03. The Hall–Kier alpha value is -2.10. The maximum absolute atomic E-state index is 12.0. The average Bonchev–Trinajstić information content (AvgIpc) is 2.34. The van der Waals surface area contributed by atoms with Gasteiger partial charge in [0.2, 0.25) is 0 Å². The first-order valence-electron chi connectivity index (χ1n) is 5.75. The van der Waals surface area contributed by atoms with E-state index in [0.29, 0.717) is 5.69 Å². The molecule has 1 heterocycles. The Morgan fingerprint density at radius 1 is 1.22 bits per heavy atom. The minimum absolute atomic E-state index is 0.161. The van der Waals surface area contributed by atoms with Crippen LogP contribution in [-0.2, 0) is 0 Å². The van der Waals surface area contributed by atoms with Crippen LogP contribution in [0.5, 0.6) is 5.75 Å². The second-order valence-electron chi connectivity index (χ2n) is 4.31. The molecule has 94 valence electrons. The zero-order chi connectivity index (χ0) is 13.3. The van der Waals surface area contributed by atoms with Gasteiger partial charge in [-0.15, -0.1) is 0 Å². The Morgan fingerprint density at radius 2 is 1.94 bits per heavy atom. The number of rotatable bonds is 2. The number of methoxy groups -OCH3 is 1. The van der Waals surface area contributed by atoms with Crippen molar-refractivity contribution in [3.05, 3.63) is 45.5 Å². The summed E-state index contributed by atoms with van der Waals surface area (Å²) in [7, 11) is 1.62. The fourth-order valence-electron chi connectivity index (χ4n) is 1.83. The summed E-state index contributed by atoms with van der Waals surface area (Å²) in [5.74, 6) is 0.775. The lowest BCUT2D eigenvalue weighted by Gasteiger charge is -2.08. The minimum Gasteiger partial charge on any atom is -0.497 e. The fourth-order valence-corrected chi connectivity index (χ4v) is 1.83. The predicted octanol–water partition coefficient (Wildman–Crippen LogP) is 2.37. The molecule has 4 heteroatoms. The first kappa shape index (κ1) is 12.4. The van der Waals surface area contributed by atoms with Crippen molar-refractivity contribution in [2.45, 2.75) is 20.8 Å². The molecule has 1 aromatic heterocycles. The highest BCUT2D eigenvalue weighted by molar-refractivity contribution is 5.64. The lowest BCUT2D eigenvalue weighted by atomic mass is 10.1. The molecule has 0 saturated carbocycles. The number of nitrogens with one attached hydrogen (secondary N) is 1. The van der Waals surface area contributed by atoms with Crippen molar-refractivity contribution in [1.82, 2.24) is 9.97 Å². The van der Waals surface area contributed by atoms with E-state index >= 15 is 0 Å². The van der Waals surface area contributed by atoms with Gasteiger partial charge in [0, 0.05) is 11.3 Å². The molecule has 0 bridgehead atoms. The van der Waals surface area contributed by atoms with E-state index in [2.05, 4.69) is 9.97 Å². The number of hydrogen-bond acceptors (Lipinski definition) is 3. The van der Waals surface area contributed by atoms with Crippen LogP contribution in [0.2, 0.25) is 0 Å². The number of benzene rings is 1. The van der Waals surface area contributed by atoms with Crippen LogP contribution in [0.25, 0.3) is 11.3 Å². The van der Waals surface area contributed by atoms with Crippen LogP contribution >= 0.6 is 0 Å². The van der Waals surface area contributed by atoms with E-state index in [1.807, 2.05) is 39.0 Å². The van der Waals surface area contributed by atoms with Crippen molar-refractivity contribution in [3.63, 3.8) is 0 Å². The van der Waals surface area contributed by atoms with Crippen LogP contribution in [0, 0.1) is 20.8 Å². The largest absolute Gasteiger partial charge is 0.497 e. The zero-order valence-corrected chi connectivity index (χ0v) is 11.0. The molecule has 0 spiro atoms.